The van der Waals surface area contributed by atoms with Crippen LogP contribution in [0.2, 0.25) is 0 Å². The third kappa shape index (κ3) is 5.36. The van der Waals surface area contributed by atoms with E-state index in [0.29, 0.717) is 13.0 Å². The van der Waals surface area contributed by atoms with Crippen molar-refractivity contribution >= 4 is 12.0 Å². The third-order valence-corrected chi connectivity index (χ3v) is 3.80. The Bertz CT molecular complexity index is 334. The van der Waals surface area contributed by atoms with Crippen molar-refractivity contribution in [2.45, 2.75) is 70.5 Å². The minimum Gasteiger partial charge on any atom is -0.481 e. The standard InChI is InChI=1S/C14H27N3O3/c1-10(2)17(9-5-8-13(18)19)14(20)16-12-7-4-3-6-11(12)15/h10-12H,3-9,15H2,1-2H3,(H,16,20)(H,18,19). The lowest BCUT2D eigenvalue weighted by molar-refractivity contribution is -0.137. The summed E-state index contributed by atoms with van der Waals surface area (Å²) in [7, 11) is 0. The minimum atomic E-state index is -0.830. The van der Waals surface area contributed by atoms with E-state index in [0.717, 1.165) is 25.7 Å². The van der Waals surface area contributed by atoms with Crippen LogP contribution in [0.4, 0.5) is 4.79 Å². The van der Waals surface area contributed by atoms with Crippen molar-refractivity contribution in [1.82, 2.24) is 10.2 Å². The Morgan fingerprint density at radius 3 is 2.55 bits per heavy atom. The Morgan fingerprint density at radius 2 is 2.00 bits per heavy atom. The minimum absolute atomic E-state index is 0.0285. The van der Waals surface area contributed by atoms with Crippen LogP contribution in [0.15, 0.2) is 0 Å². The highest BCUT2D eigenvalue weighted by Crippen LogP contribution is 2.17. The van der Waals surface area contributed by atoms with Gasteiger partial charge in [-0.05, 0) is 33.1 Å². The van der Waals surface area contributed by atoms with Crippen molar-refractivity contribution in [1.29, 1.82) is 0 Å². The van der Waals surface area contributed by atoms with Gasteiger partial charge < -0.3 is 21.1 Å². The number of urea groups is 1. The quantitative estimate of drug-likeness (QED) is 0.689. The van der Waals surface area contributed by atoms with Crippen LogP contribution in [0.5, 0.6) is 0 Å². The zero-order valence-corrected chi connectivity index (χ0v) is 12.5. The second-order valence-corrected chi connectivity index (χ2v) is 5.79. The molecule has 0 bridgehead atoms. The fraction of sp³-hybridized carbons (Fsp3) is 0.857. The van der Waals surface area contributed by atoms with Gasteiger partial charge in [-0.25, -0.2) is 4.79 Å². The van der Waals surface area contributed by atoms with Gasteiger partial charge in [0.05, 0.1) is 0 Å². The maximum absolute atomic E-state index is 12.3. The maximum atomic E-state index is 12.3. The summed E-state index contributed by atoms with van der Waals surface area (Å²) in [5, 5.41) is 11.7. The number of carbonyl (C=O) groups is 2. The van der Waals surface area contributed by atoms with Crippen LogP contribution in [-0.4, -0.2) is 46.7 Å². The van der Waals surface area contributed by atoms with E-state index in [1.807, 2.05) is 13.8 Å². The second-order valence-electron chi connectivity index (χ2n) is 5.79. The second kappa shape index (κ2) is 8.09. The average Bonchev–Trinajstić information content (AvgIpc) is 2.36. The molecule has 4 N–H and O–H groups in total. The Balaban J connectivity index is 2.48. The van der Waals surface area contributed by atoms with Gasteiger partial charge in [0.1, 0.15) is 0 Å². The number of amides is 2. The summed E-state index contributed by atoms with van der Waals surface area (Å²) in [6.45, 7) is 4.32. The van der Waals surface area contributed by atoms with Crippen molar-refractivity contribution in [2.24, 2.45) is 5.73 Å². The van der Waals surface area contributed by atoms with Gasteiger partial charge in [-0.15, -0.1) is 0 Å². The number of hydrogen-bond donors (Lipinski definition) is 3. The molecule has 1 aliphatic carbocycles. The molecular formula is C14H27N3O3. The maximum Gasteiger partial charge on any atom is 0.317 e. The van der Waals surface area contributed by atoms with Crippen LogP contribution in [0, 0.1) is 0 Å². The van der Waals surface area contributed by atoms with E-state index in [1.54, 1.807) is 4.90 Å². The predicted octanol–water partition coefficient (Wildman–Crippen LogP) is 1.54. The van der Waals surface area contributed by atoms with Crippen molar-refractivity contribution in [3.8, 4) is 0 Å². The molecule has 1 rings (SSSR count). The van der Waals surface area contributed by atoms with Gasteiger partial charge in [-0.1, -0.05) is 12.8 Å². The normalized spacial score (nSPS) is 22.6. The van der Waals surface area contributed by atoms with E-state index >= 15 is 0 Å². The highest BCUT2D eigenvalue weighted by molar-refractivity contribution is 5.75. The van der Waals surface area contributed by atoms with Crippen molar-refractivity contribution in [3.05, 3.63) is 0 Å². The Hall–Kier alpha value is -1.30. The summed E-state index contributed by atoms with van der Waals surface area (Å²) in [5.74, 6) is -0.830. The van der Waals surface area contributed by atoms with Crippen LogP contribution in [-0.2, 0) is 4.79 Å². The number of nitrogens with two attached hydrogens (primary N) is 1. The summed E-state index contributed by atoms with van der Waals surface area (Å²) in [6.07, 6.45) is 4.65. The molecule has 1 saturated carbocycles. The van der Waals surface area contributed by atoms with Gasteiger partial charge in [0, 0.05) is 31.1 Å². The highest BCUT2D eigenvalue weighted by Gasteiger charge is 2.26. The topological polar surface area (TPSA) is 95.7 Å². The Kier molecular flexibility index (Phi) is 6.78. The van der Waals surface area contributed by atoms with E-state index in [-0.39, 0.29) is 30.6 Å². The first kappa shape index (κ1) is 16.8. The molecule has 0 heterocycles. The van der Waals surface area contributed by atoms with Crippen LogP contribution < -0.4 is 11.1 Å². The summed E-state index contributed by atoms with van der Waals surface area (Å²) in [4.78, 5) is 24.5. The zero-order chi connectivity index (χ0) is 15.1. The SMILES string of the molecule is CC(C)N(CCCC(=O)O)C(=O)NC1CCCCC1N. The number of hydrogen-bond acceptors (Lipinski definition) is 3. The molecule has 0 spiro atoms. The monoisotopic (exact) mass is 285 g/mol. The lowest BCUT2D eigenvalue weighted by Gasteiger charge is -2.33. The van der Waals surface area contributed by atoms with Crippen LogP contribution in [0.3, 0.4) is 0 Å². The Labute approximate surface area is 120 Å². The third-order valence-electron chi connectivity index (χ3n) is 3.80. The van der Waals surface area contributed by atoms with Crippen molar-refractivity contribution in [2.75, 3.05) is 6.54 Å². The van der Waals surface area contributed by atoms with Gasteiger partial charge in [0.15, 0.2) is 0 Å². The van der Waals surface area contributed by atoms with Gasteiger partial charge >= 0.3 is 12.0 Å². The molecule has 0 saturated heterocycles. The van der Waals surface area contributed by atoms with E-state index < -0.39 is 5.97 Å². The lowest BCUT2D eigenvalue weighted by atomic mass is 9.91. The van der Waals surface area contributed by atoms with E-state index in [1.165, 1.54) is 0 Å². The molecule has 0 radical (unpaired) electrons. The highest BCUT2D eigenvalue weighted by atomic mass is 16.4. The molecule has 0 aliphatic heterocycles. The molecular weight excluding hydrogens is 258 g/mol. The average molecular weight is 285 g/mol. The largest absolute Gasteiger partial charge is 0.481 e. The van der Waals surface area contributed by atoms with Gasteiger partial charge in [-0.2, -0.15) is 0 Å². The smallest absolute Gasteiger partial charge is 0.317 e. The van der Waals surface area contributed by atoms with Crippen molar-refractivity contribution < 1.29 is 14.7 Å². The number of nitrogens with one attached hydrogen (secondary N) is 1. The molecule has 6 nitrogen and oxygen atoms in total. The van der Waals surface area contributed by atoms with E-state index in [2.05, 4.69) is 5.32 Å². The number of carboxylic acid groups (broad SMARTS) is 1. The summed E-state index contributed by atoms with van der Waals surface area (Å²) >= 11 is 0. The van der Waals surface area contributed by atoms with Crippen LogP contribution in [0.25, 0.3) is 0 Å². The molecule has 6 heteroatoms. The molecule has 20 heavy (non-hydrogen) atoms. The number of carboxylic acids is 1. The van der Waals surface area contributed by atoms with Crippen LogP contribution in [0.1, 0.15) is 52.4 Å². The molecule has 0 aromatic carbocycles. The summed E-state index contributed by atoms with van der Waals surface area (Å²) in [6, 6.07) is -0.0194. The molecule has 1 fully saturated rings. The summed E-state index contributed by atoms with van der Waals surface area (Å²) < 4.78 is 0. The van der Waals surface area contributed by atoms with E-state index in [4.69, 9.17) is 10.8 Å². The van der Waals surface area contributed by atoms with Gasteiger partial charge in [0.2, 0.25) is 0 Å². The van der Waals surface area contributed by atoms with Gasteiger partial charge in [-0.3, -0.25) is 4.79 Å². The summed E-state index contributed by atoms with van der Waals surface area (Å²) in [5.41, 5.74) is 6.03. The van der Waals surface area contributed by atoms with E-state index in [9.17, 15) is 9.59 Å². The lowest BCUT2D eigenvalue weighted by Crippen LogP contribution is -2.54. The molecule has 0 aromatic heterocycles. The molecule has 1 aliphatic rings. The fourth-order valence-corrected chi connectivity index (χ4v) is 2.58. The van der Waals surface area contributed by atoms with Crippen molar-refractivity contribution in [3.63, 3.8) is 0 Å². The first-order valence-corrected chi connectivity index (χ1v) is 7.46. The first-order chi connectivity index (χ1) is 9.41. The predicted molar refractivity (Wildman–Crippen MR) is 77.5 cm³/mol. The fourth-order valence-electron chi connectivity index (χ4n) is 2.58. The number of nitrogens with zero attached hydrogens (tertiary/aromatic N) is 1. The zero-order valence-electron chi connectivity index (χ0n) is 12.5. The first-order valence-electron chi connectivity index (χ1n) is 7.46. The molecule has 2 amide bonds. The molecule has 2 atom stereocenters. The van der Waals surface area contributed by atoms with Gasteiger partial charge in [0.25, 0.3) is 0 Å². The Morgan fingerprint density at radius 1 is 1.35 bits per heavy atom. The molecule has 0 aromatic rings. The molecule has 116 valence electrons. The van der Waals surface area contributed by atoms with Crippen LogP contribution >= 0.6 is 0 Å². The molecule has 2 unspecified atom stereocenters. The number of rotatable bonds is 6. The number of carbonyl (C=O) groups excluding carboxylic acids is 1. The number of aliphatic carboxylic acids is 1.